The van der Waals surface area contributed by atoms with E-state index in [4.69, 9.17) is 0 Å². The lowest BCUT2D eigenvalue weighted by Crippen LogP contribution is -2.60. The molecular formula is C24H19F4N3O3S. The van der Waals surface area contributed by atoms with Gasteiger partial charge in [-0.2, -0.15) is 13.2 Å². The number of nitrogens with zero attached hydrogens (tertiary/aromatic N) is 3. The summed E-state index contributed by atoms with van der Waals surface area (Å²) in [6.07, 6.45) is -3.55. The Bertz CT molecular complexity index is 1390. The normalized spacial score (nSPS) is 18.4. The zero-order chi connectivity index (χ0) is 25.1. The maximum Gasteiger partial charge on any atom is 0.408 e. The molecule has 1 aromatic heterocycles. The summed E-state index contributed by atoms with van der Waals surface area (Å²) in [5.41, 5.74) is 0.210. The lowest BCUT2D eigenvalue weighted by atomic mass is 9.94. The van der Waals surface area contributed by atoms with Gasteiger partial charge in [-0.15, -0.1) is 11.8 Å². The van der Waals surface area contributed by atoms with E-state index in [0.29, 0.717) is 21.1 Å². The Hall–Kier alpha value is -3.47. The van der Waals surface area contributed by atoms with Crippen molar-refractivity contribution in [1.29, 1.82) is 0 Å². The molecule has 0 saturated heterocycles. The van der Waals surface area contributed by atoms with Gasteiger partial charge in [0.25, 0.3) is 5.91 Å². The Kier molecular flexibility index (Phi) is 5.54. The van der Waals surface area contributed by atoms with Crippen molar-refractivity contribution in [3.63, 3.8) is 0 Å². The minimum Gasteiger partial charge on any atom is -0.502 e. The largest absolute Gasteiger partial charge is 0.502 e. The third-order valence-corrected chi connectivity index (χ3v) is 7.47. The van der Waals surface area contributed by atoms with Gasteiger partial charge in [0.05, 0.1) is 0 Å². The molecule has 0 aliphatic carbocycles. The number of carbonyl (C=O) groups is 1. The van der Waals surface area contributed by atoms with Crippen molar-refractivity contribution in [2.45, 2.75) is 35.8 Å². The van der Waals surface area contributed by atoms with Crippen LogP contribution in [0.4, 0.5) is 17.6 Å². The van der Waals surface area contributed by atoms with Crippen LogP contribution in [0.1, 0.15) is 40.1 Å². The number of hydrogen-bond donors (Lipinski definition) is 1. The molecule has 2 aliphatic heterocycles. The van der Waals surface area contributed by atoms with Gasteiger partial charge in [-0.3, -0.25) is 19.3 Å². The highest BCUT2D eigenvalue weighted by atomic mass is 32.2. The van der Waals surface area contributed by atoms with Gasteiger partial charge < -0.3 is 10.0 Å². The van der Waals surface area contributed by atoms with Crippen LogP contribution in [0.15, 0.2) is 64.4 Å². The number of aromatic nitrogens is 1. The Morgan fingerprint density at radius 2 is 1.83 bits per heavy atom. The molecule has 1 N–H and O–H groups in total. The monoisotopic (exact) mass is 505 g/mol. The van der Waals surface area contributed by atoms with Crippen LogP contribution in [0.5, 0.6) is 5.75 Å². The molecule has 3 aromatic rings. The number of alkyl halides is 3. The van der Waals surface area contributed by atoms with E-state index >= 15 is 4.39 Å². The molecule has 3 heterocycles. The zero-order valence-corrected chi connectivity index (χ0v) is 19.1. The molecular weight excluding hydrogens is 486 g/mol. The number of amides is 1. The lowest BCUT2D eigenvalue weighted by Gasteiger charge is -2.46. The number of pyridine rings is 1. The molecule has 0 radical (unpaired) electrons. The van der Waals surface area contributed by atoms with E-state index in [9.17, 15) is 27.9 Å². The molecule has 0 bridgehead atoms. The molecule has 35 heavy (non-hydrogen) atoms. The number of thioether (sulfide) groups is 1. The van der Waals surface area contributed by atoms with Crippen LogP contribution >= 0.6 is 11.8 Å². The summed E-state index contributed by atoms with van der Waals surface area (Å²) in [4.78, 5) is 26.4. The van der Waals surface area contributed by atoms with Gasteiger partial charge in [0.1, 0.15) is 24.6 Å². The van der Waals surface area contributed by atoms with E-state index < -0.39 is 53.5 Å². The first-order chi connectivity index (χ1) is 16.6. The van der Waals surface area contributed by atoms with E-state index in [1.54, 1.807) is 24.3 Å². The summed E-state index contributed by atoms with van der Waals surface area (Å²) >= 11 is 1.40. The maximum atomic E-state index is 15.4. The Morgan fingerprint density at radius 3 is 2.57 bits per heavy atom. The quantitative estimate of drug-likeness (QED) is 0.524. The molecule has 2 aromatic carbocycles. The molecule has 5 rings (SSSR count). The van der Waals surface area contributed by atoms with Crippen molar-refractivity contribution in [2.24, 2.45) is 0 Å². The first-order valence-electron chi connectivity index (χ1n) is 10.7. The fraction of sp³-hybridized carbons (Fsp3) is 0.250. The number of aromatic hydroxyl groups is 1. The van der Waals surface area contributed by atoms with Gasteiger partial charge in [-0.05, 0) is 30.2 Å². The van der Waals surface area contributed by atoms with Gasteiger partial charge in [-0.25, -0.2) is 4.39 Å². The Labute approximate surface area is 201 Å². The minimum absolute atomic E-state index is 0.237. The van der Waals surface area contributed by atoms with Crippen LogP contribution in [0, 0.1) is 5.82 Å². The molecule has 0 saturated carbocycles. The molecule has 2 aliphatic rings. The van der Waals surface area contributed by atoms with E-state index in [-0.39, 0.29) is 5.56 Å². The average molecular weight is 505 g/mol. The fourth-order valence-corrected chi connectivity index (χ4v) is 5.61. The van der Waals surface area contributed by atoms with Crippen molar-refractivity contribution in [2.75, 3.05) is 11.7 Å². The Balaban J connectivity index is 1.80. The average Bonchev–Trinajstić information content (AvgIpc) is 2.98. The van der Waals surface area contributed by atoms with Crippen molar-refractivity contribution < 1.29 is 27.5 Å². The molecule has 0 unspecified atom stereocenters. The molecule has 2 atom stereocenters. The lowest BCUT2D eigenvalue weighted by molar-refractivity contribution is -0.173. The van der Waals surface area contributed by atoms with Crippen LogP contribution < -0.4 is 10.4 Å². The van der Waals surface area contributed by atoms with Gasteiger partial charge >= 0.3 is 6.18 Å². The predicted molar refractivity (Wildman–Crippen MR) is 121 cm³/mol. The first kappa shape index (κ1) is 23.3. The highest BCUT2D eigenvalue weighted by Crippen LogP contribution is 2.44. The van der Waals surface area contributed by atoms with Crippen LogP contribution in [0.2, 0.25) is 0 Å². The number of carbonyl (C=O) groups excluding carboxylic acids is 1. The van der Waals surface area contributed by atoms with Gasteiger partial charge in [0.15, 0.2) is 11.4 Å². The van der Waals surface area contributed by atoms with Crippen LogP contribution in [0.25, 0.3) is 0 Å². The van der Waals surface area contributed by atoms with Crippen molar-refractivity contribution in [3.05, 3.63) is 93.2 Å². The summed E-state index contributed by atoms with van der Waals surface area (Å²) in [7, 11) is 0. The SMILES string of the molecule is C[C@@H](N1CN([C@@H]2c3ccccc3CSc3cccc(F)c32)n2ccc(=O)c(O)c2C1=O)C(F)(F)F. The maximum absolute atomic E-state index is 15.4. The third kappa shape index (κ3) is 3.74. The van der Waals surface area contributed by atoms with E-state index in [1.165, 1.54) is 29.0 Å². The Morgan fingerprint density at radius 1 is 1.09 bits per heavy atom. The zero-order valence-electron chi connectivity index (χ0n) is 18.3. The number of hydrogen-bond acceptors (Lipinski definition) is 5. The van der Waals surface area contributed by atoms with Crippen LogP contribution in [-0.2, 0) is 5.75 Å². The summed E-state index contributed by atoms with van der Waals surface area (Å²) in [6.45, 7) is 0.265. The second kappa shape index (κ2) is 8.33. The van der Waals surface area contributed by atoms with E-state index in [0.717, 1.165) is 23.2 Å². The topological polar surface area (TPSA) is 65.8 Å². The highest BCUT2D eigenvalue weighted by Gasteiger charge is 2.47. The molecule has 182 valence electrons. The van der Waals surface area contributed by atoms with Gasteiger partial charge in [0, 0.05) is 28.5 Å². The van der Waals surface area contributed by atoms with Crippen molar-refractivity contribution >= 4 is 17.7 Å². The summed E-state index contributed by atoms with van der Waals surface area (Å²) in [6, 6.07) is 9.59. The predicted octanol–water partition coefficient (Wildman–Crippen LogP) is 4.39. The van der Waals surface area contributed by atoms with Crippen LogP contribution in [-0.4, -0.2) is 39.5 Å². The summed E-state index contributed by atoms with van der Waals surface area (Å²) in [5.74, 6) is -2.17. The van der Waals surface area contributed by atoms with E-state index in [1.807, 2.05) is 12.1 Å². The number of fused-ring (bicyclic) bond motifs is 3. The minimum atomic E-state index is -4.77. The number of benzene rings is 2. The molecule has 0 spiro atoms. The number of halogens is 4. The smallest absolute Gasteiger partial charge is 0.408 e. The van der Waals surface area contributed by atoms with E-state index in [2.05, 4.69) is 0 Å². The second-order valence-corrected chi connectivity index (χ2v) is 9.35. The standard InChI is InChI=1S/C24H19F4N3O3S/c1-13(24(26,27)28)29-12-31(30-10-9-17(32)22(33)21(30)23(29)34)20-15-6-3-2-5-14(15)11-35-18-8-4-7-16(25)19(18)20/h2-10,13,20,33H,11-12H2,1H3/t13-,20-/m1/s1. The third-order valence-electron chi connectivity index (χ3n) is 6.35. The summed E-state index contributed by atoms with van der Waals surface area (Å²) < 4.78 is 57.7. The van der Waals surface area contributed by atoms with Gasteiger partial charge in [0.2, 0.25) is 5.43 Å². The molecule has 6 nitrogen and oxygen atoms in total. The highest BCUT2D eigenvalue weighted by molar-refractivity contribution is 7.98. The summed E-state index contributed by atoms with van der Waals surface area (Å²) in [5, 5.41) is 11.8. The van der Waals surface area contributed by atoms with Crippen molar-refractivity contribution in [3.8, 4) is 5.75 Å². The van der Waals surface area contributed by atoms with Crippen LogP contribution in [0.3, 0.4) is 0 Å². The molecule has 11 heteroatoms. The van der Waals surface area contributed by atoms with Crippen molar-refractivity contribution in [1.82, 2.24) is 9.58 Å². The molecule has 1 amide bonds. The fourth-order valence-electron chi connectivity index (χ4n) is 4.50. The first-order valence-corrected chi connectivity index (χ1v) is 11.7. The number of rotatable bonds is 2. The van der Waals surface area contributed by atoms with Gasteiger partial charge in [-0.1, -0.05) is 30.3 Å². The molecule has 0 fully saturated rings. The second-order valence-electron chi connectivity index (χ2n) is 8.34.